The first-order valence-corrected chi connectivity index (χ1v) is 37.7. The zero-order chi connectivity index (χ0) is 63.3. The summed E-state index contributed by atoms with van der Waals surface area (Å²) in [6, 6.07) is 0. The normalized spacial score (nSPS) is 13.0. The molecule has 1 N–H and O–H groups in total. The van der Waals surface area contributed by atoms with E-state index in [2.05, 4.69) is 148 Å². The van der Waals surface area contributed by atoms with E-state index in [1.807, 2.05) is 0 Å². The molecule has 0 radical (unpaired) electrons. The molecule has 0 rings (SSSR count). The molecular formula is C83H142O5. The number of hydrogen-bond donors (Lipinski definition) is 1. The highest BCUT2D eigenvalue weighted by molar-refractivity contribution is 5.70. The van der Waals surface area contributed by atoms with Crippen LogP contribution in [-0.2, 0) is 19.1 Å². The maximum atomic E-state index is 12.4. The number of hydrogen-bond acceptors (Lipinski definition) is 5. The molecular weight excluding hydrogens is 1080 g/mol. The molecule has 0 spiro atoms. The molecule has 0 saturated carbocycles. The lowest BCUT2D eigenvalue weighted by molar-refractivity contribution is -0.161. The third kappa shape index (κ3) is 74.5. The smallest absolute Gasteiger partial charge is 0.306 e. The van der Waals surface area contributed by atoms with Crippen molar-refractivity contribution in [2.75, 3.05) is 13.2 Å². The Hall–Kier alpha value is -3.96. The van der Waals surface area contributed by atoms with Crippen LogP contribution in [0.15, 0.2) is 134 Å². The van der Waals surface area contributed by atoms with Crippen molar-refractivity contribution < 1.29 is 24.2 Å². The minimum absolute atomic E-state index is 0.0657. The molecule has 0 saturated heterocycles. The number of aliphatic hydroxyl groups is 1. The van der Waals surface area contributed by atoms with Gasteiger partial charge in [-0.15, -0.1) is 0 Å². The third-order valence-electron chi connectivity index (χ3n) is 16.4. The van der Waals surface area contributed by atoms with Crippen molar-refractivity contribution in [1.82, 2.24) is 0 Å². The summed E-state index contributed by atoms with van der Waals surface area (Å²) < 4.78 is 10.8. The van der Waals surface area contributed by atoms with Crippen molar-refractivity contribution in [3.63, 3.8) is 0 Å². The highest BCUT2D eigenvalue weighted by Crippen LogP contribution is 2.18. The molecule has 0 aromatic carbocycles. The Balaban J connectivity index is 3.44. The first-order valence-electron chi connectivity index (χ1n) is 37.7. The van der Waals surface area contributed by atoms with E-state index in [0.717, 1.165) is 109 Å². The summed E-state index contributed by atoms with van der Waals surface area (Å²) in [6.45, 7) is 3.95. The second-order valence-electron chi connectivity index (χ2n) is 25.0. The van der Waals surface area contributed by atoms with Gasteiger partial charge in [-0.25, -0.2) is 0 Å². The van der Waals surface area contributed by atoms with Crippen molar-refractivity contribution in [2.45, 2.75) is 367 Å². The topological polar surface area (TPSA) is 72.8 Å². The quantitative estimate of drug-likeness (QED) is 0.0373. The van der Waals surface area contributed by atoms with Gasteiger partial charge in [0.25, 0.3) is 0 Å². The van der Waals surface area contributed by atoms with Gasteiger partial charge in [0.2, 0.25) is 0 Å². The summed E-state index contributed by atoms with van der Waals surface area (Å²) in [4.78, 5) is 24.7. The second kappa shape index (κ2) is 77.3. The minimum Gasteiger partial charge on any atom is -0.462 e. The highest BCUT2D eigenvalue weighted by Gasteiger charge is 2.16. The number of allylic oxidation sites excluding steroid dienone is 22. The predicted octanol–water partition coefficient (Wildman–Crippen LogP) is 26.7. The zero-order valence-electron chi connectivity index (χ0n) is 58.0. The van der Waals surface area contributed by atoms with Gasteiger partial charge in [-0.1, -0.05) is 372 Å². The third-order valence-corrected chi connectivity index (χ3v) is 16.4. The number of esters is 2. The Morgan fingerprint density at radius 1 is 0.261 bits per heavy atom. The molecule has 0 fully saturated rings. The average molecular weight is 1220 g/mol. The summed E-state index contributed by atoms with van der Waals surface area (Å²) in [5.41, 5.74) is 0. The van der Waals surface area contributed by atoms with E-state index in [-0.39, 0.29) is 25.2 Å². The van der Waals surface area contributed by atoms with E-state index < -0.39 is 6.10 Å². The second-order valence-corrected chi connectivity index (χ2v) is 25.0. The molecule has 5 nitrogen and oxygen atoms in total. The summed E-state index contributed by atoms with van der Waals surface area (Å²) in [6.07, 6.45) is 115. The van der Waals surface area contributed by atoms with Crippen molar-refractivity contribution in [1.29, 1.82) is 0 Å². The van der Waals surface area contributed by atoms with E-state index in [4.69, 9.17) is 9.47 Å². The first kappa shape index (κ1) is 84.0. The molecule has 0 aromatic rings. The van der Waals surface area contributed by atoms with Crippen molar-refractivity contribution in [2.24, 2.45) is 0 Å². The number of aliphatic hydroxyl groups excluding tert-OH is 1. The maximum Gasteiger partial charge on any atom is 0.306 e. The first-order chi connectivity index (χ1) is 43.6. The van der Waals surface area contributed by atoms with Crippen LogP contribution in [0.4, 0.5) is 0 Å². The molecule has 0 aliphatic carbocycles. The van der Waals surface area contributed by atoms with E-state index in [0.29, 0.717) is 12.8 Å². The van der Waals surface area contributed by atoms with Crippen LogP contribution in [0.25, 0.3) is 0 Å². The monoisotopic (exact) mass is 1220 g/mol. The van der Waals surface area contributed by atoms with Gasteiger partial charge in [0.15, 0.2) is 6.10 Å². The van der Waals surface area contributed by atoms with Gasteiger partial charge >= 0.3 is 11.9 Å². The van der Waals surface area contributed by atoms with E-state index >= 15 is 0 Å². The molecule has 1 unspecified atom stereocenters. The van der Waals surface area contributed by atoms with Crippen LogP contribution in [0.2, 0.25) is 0 Å². The lowest BCUT2D eigenvalue weighted by atomic mass is 10.0. The Morgan fingerprint density at radius 2 is 0.455 bits per heavy atom. The maximum absolute atomic E-state index is 12.4. The van der Waals surface area contributed by atoms with Gasteiger partial charge in [0.1, 0.15) is 6.61 Å². The molecule has 0 aromatic heterocycles. The molecule has 0 aliphatic rings. The van der Waals surface area contributed by atoms with E-state index in [1.165, 1.54) is 225 Å². The largest absolute Gasteiger partial charge is 0.462 e. The van der Waals surface area contributed by atoms with Gasteiger partial charge in [-0.2, -0.15) is 0 Å². The molecule has 0 heterocycles. The Labute approximate surface area is 546 Å². The fourth-order valence-corrected chi connectivity index (χ4v) is 10.9. The van der Waals surface area contributed by atoms with Crippen LogP contribution in [0.1, 0.15) is 361 Å². The number of ether oxygens (including phenoxy) is 2. The SMILES string of the molecule is CC/C=C\C/C=C\C/C=C\C/C=C\C/C=C\C/C=C\C/C=C\CCCCCCCCCCCCCCCCCCCC(=O)OC(CO)COC(=O)CCCCCCCCCCCCCCCCCCCCCCCC/C=C\C/C=C\C/C=C\C/C=C\CC. The van der Waals surface area contributed by atoms with Crippen LogP contribution in [0.3, 0.4) is 0 Å². The fourth-order valence-electron chi connectivity index (χ4n) is 10.9. The fraction of sp³-hybridized carbons (Fsp3) is 0.711. The summed E-state index contributed by atoms with van der Waals surface area (Å²) in [7, 11) is 0. The van der Waals surface area contributed by atoms with Crippen molar-refractivity contribution >= 4 is 11.9 Å². The van der Waals surface area contributed by atoms with Crippen LogP contribution >= 0.6 is 0 Å². The minimum atomic E-state index is -0.778. The van der Waals surface area contributed by atoms with Gasteiger partial charge in [0, 0.05) is 12.8 Å². The Kier molecular flexibility index (Phi) is 73.8. The lowest BCUT2D eigenvalue weighted by Crippen LogP contribution is -2.28. The number of carbonyl (C=O) groups is 2. The standard InChI is InChI=1S/C83H142O5/c1-3-5-7-9-11-13-15-17-19-21-23-25-27-29-31-33-35-37-39-40-41-42-44-46-48-50-52-54-56-58-60-62-64-66-68-70-72-74-76-78-83(86)88-81(79-84)80-87-82(85)77-75-73-71-69-67-65-63-61-59-57-55-53-51-49-47-45-43-38-36-34-32-30-28-26-24-22-20-18-16-14-12-10-8-6-4-2/h5-8,11-14,17-20,23-26,29,31,35,37,40-41,81,84H,3-4,9-10,15-16,21-22,27-28,30,32-34,36,38-39,42-80H2,1-2H3/b7-5-,8-6-,13-11-,14-12-,19-17-,20-18-,25-23-,26-24-,31-29-,37-35-,41-40-. The Bertz CT molecular complexity index is 1770. The molecule has 5 heteroatoms. The predicted molar refractivity (Wildman–Crippen MR) is 389 cm³/mol. The molecule has 0 amide bonds. The molecule has 504 valence electrons. The molecule has 88 heavy (non-hydrogen) atoms. The van der Waals surface area contributed by atoms with Gasteiger partial charge in [-0.3, -0.25) is 9.59 Å². The number of carbonyl (C=O) groups excluding carboxylic acids is 2. The lowest BCUT2D eigenvalue weighted by Gasteiger charge is -2.15. The zero-order valence-corrected chi connectivity index (χ0v) is 58.0. The number of rotatable bonds is 69. The van der Waals surface area contributed by atoms with Crippen LogP contribution in [-0.4, -0.2) is 36.4 Å². The summed E-state index contributed by atoms with van der Waals surface area (Å²) >= 11 is 0. The molecule has 0 aliphatic heterocycles. The van der Waals surface area contributed by atoms with Crippen molar-refractivity contribution in [3.05, 3.63) is 134 Å². The summed E-state index contributed by atoms with van der Waals surface area (Å²) in [5.74, 6) is -0.577. The average Bonchev–Trinajstić information content (AvgIpc) is 3.54. The highest BCUT2D eigenvalue weighted by atomic mass is 16.6. The number of unbranched alkanes of at least 4 members (excludes halogenated alkanes) is 39. The van der Waals surface area contributed by atoms with Crippen molar-refractivity contribution in [3.8, 4) is 0 Å². The molecule has 0 bridgehead atoms. The van der Waals surface area contributed by atoms with Crippen LogP contribution < -0.4 is 0 Å². The van der Waals surface area contributed by atoms with E-state index in [1.54, 1.807) is 0 Å². The summed E-state index contributed by atoms with van der Waals surface area (Å²) in [5, 5.41) is 9.72. The van der Waals surface area contributed by atoms with Crippen LogP contribution in [0, 0.1) is 0 Å². The molecule has 1 atom stereocenters. The van der Waals surface area contributed by atoms with Gasteiger partial charge in [0.05, 0.1) is 6.61 Å². The van der Waals surface area contributed by atoms with Gasteiger partial charge < -0.3 is 14.6 Å². The van der Waals surface area contributed by atoms with Crippen LogP contribution in [0.5, 0.6) is 0 Å². The Morgan fingerprint density at radius 3 is 0.682 bits per heavy atom. The van der Waals surface area contributed by atoms with Gasteiger partial charge in [-0.05, 0) is 109 Å². The van der Waals surface area contributed by atoms with E-state index in [9.17, 15) is 14.7 Å².